The molecule has 1 amide bonds. The summed E-state index contributed by atoms with van der Waals surface area (Å²) in [6.45, 7) is 3.97. The molecule has 1 N–H and O–H groups in total. The fraction of sp³-hybridized carbons (Fsp3) is 0.154. The molecule has 4 rings (SSSR count). The van der Waals surface area contributed by atoms with E-state index in [0.29, 0.717) is 23.6 Å². The first-order chi connectivity index (χ1) is 16.3. The zero-order chi connectivity index (χ0) is 24.3. The van der Waals surface area contributed by atoms with Gasteiger partial charge in [0.15, 0.2) is 0 Å². The van der Waals surface area contributed by atoms with Gasteiger partial charge in [0.25, 0.3) is 0 Å². The van der Waals surface area contributed by atoms with Gasteiger partial charge in [0.2, 0.25) is 21.2 Å². The van der Waals surface area contributed by atoms with Crippen molar-refractivity contribution < 1.29 is 17.9 Å². The van der Waals surface area contributed by atoms with Gasteiger partial charge >= 0.3 is 0 Å². The van der Waals surface area contributed by atoms with Crippen molar-refractivity contribution in [1.29, 1.82) is 0 Å². The second-order valence-corrected chi connectivity index (χ2v) is 9.71. The quantitative estimate of drug-likeness (QED) is 0.432. The average molecular weight is 477 g/mol. The van der Waals surface area contributed by atoms with Gasteiger partial charge in [-0.15, -0.1) is 0 Å². The summed E-state index contributed by atoms with van der Waals surface area (Å²) in [5, 5.41) is 2.96. The third-order valence-corrected chi connectivity index (χ3v) is 7.08. The first-order valence-corrected chi connectivity index (χ1v) is 12.2. The standard InChI is InChI=1S/C26H24N2O5S/c1-3-33-20-13-14-23-22(15-20)26(30)24(34(31,32)21-7-5-4-6-8-21)16-28(23)17-25(29)27-19-11-9-18(2)10-12-19/h4-16H,3,17H2,1-2H3,(H,27,29). The van der Waals surface area contributed by atoms with E-state index in [4.69, 9.17) is 4.74 Å². The predicted molar refractivity (Wildman–Crippen MR) is 131 cm³/mol. The molecule has 0 fully saturated rings. The fourth-order valence-electron chi connectivity index (χ4n) is 3.65. The van der Waals surface area contributed by atoms with Gasteiger partial charge in [0.1, 0.15) is 17.2 Å². The molecule has 0 aliphatic carbocycles. The Hall–Kier alpha value is -3.91. The summed E-state index contributed by atoms with van der Waals surface area (Å²) in [6, 6.07) is 19.9. The van der Waals surface area contributed by atoms with Gasteiger partial charge in [-0.3, -0.25) is 9.59 Å². The summed E-state index contributed by atoms with van der Waals surface area (Å²) in [7, 11) is -4.11. The predicted octanol–water partition coefficient (Wildman–Crippen LogP) is 4.18. The molecule has 0 saturated heterocycles. The second-order valence-electron chi connectivity index (χ2n) is 7.79. The van der Waals surface area contributed by atoms with Crippen molar-refractivity contribution >= 4 is 32.3 Å². The van der Waals surface area contributed by atoms with Gasteiger partial charge in [0.05, 0.1) is 22.4 Å². The van der Waals surface area contributed by atoms with Crippen molar-refractivity contribution in [2.75, 3.05) is 11.9 Å². The minimum absolute atomic E-state index is 0.00284. The van der Waals surface area contributed by atoms with E-state index >= 15 is 0 Å². The first kappa shape index (κ1) is 23.3. The molecule has 0 saturated carbocycles. The molecule has 0 atom stereocenters. The number of hydrogen-bond donors (Lipinski definition) is 1. The number of rotatable bonds is 7. The van der Waals surface area contributed by atoms with Crippen LogP contribution in [0.4, 0.5) is 5.69 Å². The maximum atomic E-state index is 13.3. The summed E-state index contributed by atoms with van der Waals surface area (Å²) < 4.78 is 33.6. The van der Waals surface area contributed by atoms with Crippen LogP contribution in [0.15, 0.2) is 93.6 Å². The molecule has 7 nitrogen and oxygen atoms in total. The van der Waals surface area contributed by atoms with Crippen molar-refractivity contribution in [2.24, 2.45) is 0 Å². The van der Waals surface area contributed by atoms with Gasteiger partial charge in [-0.25, -0.2) is 8.42 Å². The van der Waals surface area contributed by atoms with Gasteiger partial charge in [-0.1, -0.05) is 35.9 Å². The van der Waals surface area contributed by atoms with Crippen LogP contribution in [-0.4, -0.2) is 25.5 Å². The molecule has 0 unspecified atom stereocenters. The number of nitrogens with one attached hydrogen (secondary N) is 1. The van der Waals surface area contributed by atoms with Crippen LogP contribution >= 0.6 is 0 Å². The molecule has 1 heterocycles. The van der Waals surface area contributed by atoms with E-state index in [2.05, 4.69) is 5.32 Å². The lowest BCUT2D eigenvalue weighted by molar-refractivity contribution is -0.116. The van der Waals surface area contributed by atoms with Crippen LogP contribution in [0.25, 0.3) is 10.9 Å². The first-order valence-electron chi connectivity index (χ1n) is 10.8. The SMILES string of the molecule is CCOc1ccc2c(c1)c(=O)c(S(=O)(=O)c1ccccc1)cn2CC(=O)Nc1ccc(C)cc1. The number of fused-ring (bicyclic) bond motifs is 1. The molecular weight excluding hydrogens is 452 g/mol. The Morgan fingerprint density at radius 1 is 1.00 bits per heavy atom. The summed E-state index contributed by atoms with van der Waals surface area (Å²) in [5.41, 5.74) is 1.47. The number of pyridine rings is 1. The number of ether oxygens (including phenoxy) is 1. The van der Waals surface area contributed by atoms with E-state index in [9.17, 15) is 18.0 Å². The number of carbonyl (C=O) groups is 1. The van der Waals surface area contributed by atoms with Crippen molar-refractivity contribution in [1.82, 2.24) is 4.57 Å². The van der Waals surface area contributed by atoms with Crippen molar-refractivity contribution in [3.8, 4) is 5.75 Å². The Balaban J connectivity index is 1.83. The molecule has 0 aliphatic rings. The lowest BCUT2D eigenvalue weighted by Crippen LogP contribution is -2.24. The number of nitrogens with zero attached hydrogens (tertiary/aromatic N) is 1. The monoisotopic (exact) mass is 476 g/mol. The third kappa shape index (κ3) is 4.72. The Labute approximate surface area is 197 Å². The lowest BCUT2D eigenvalue weighted by Gasteiger charge is -2.15. The largest absolute Gasteiger partial charge is 0.494 e. The minimum atomic E-state index is -4.11. The van der Waals surface area contributed by atoms with Crippen LogP contribution in [0.2, 0.25) is 0 Å². The molecule has 174 valence electrons. The van der Waals surface area contributed by atoms with E-state index in [1.807, 2.05) is 26.0 Å². The number of aromatic nitrogens is 1. The molecule has 1 aromatic heterocycles. The highest BCUT2D eigenvalue weighted by Gasteiger charge is 2.24. The Bertz CT molecular complexity index is 1510. The summed E-state index contributed by atoms with van der Waals surface area (Å²) >= 11 is 0. The normalized spacial score (nSPS) is 11.4. The molecule has 0 bridgehead atoms. The number of amides is 1. The van der Waals surface area contributed by atoms with E-state index in [1.165, 1.54) is 29.0 Å². The van der Waals surface area contributed by atoms with Gasteiger partial charge < -0.3 is 14.6 Å². The van der Waals surface area contributed by atoms with E-state index in [0.717, 1.165) is 5.56 Å². The molecule has 34 heavy (non-hydrogen) atoms. The maximum Gasteiger partial charge on any atom is 0.244 e. The molecule has 4 aromatic rings. The third-order valence-electron chi connectivity index (χ3n) is 5.32. The lowest BCUT2D eigenvalue weighted by atomic mass is 10.2. The maximum absolute atomic E-state index is 13.3. The van der Waals surface area contributed by atoms with Gasteiger partial charge in [-0.05, 0) is 56.3 Å². The van der Waals surface area contributed by atoms with E-state index in [-0.39, 0.29) is 22.7 Å². The van der Waals surface area contributed by atoms with Crippen molar-refractivity contribution in [3.63, 3.8) is 0 Å². The zero-order valence-electron chi connectivity index (χ0n) is 18.8. The van der Waals surface area contributed by atoms with Gasteiger partial charge in [0, 0.05) is 11.9 Å². The number of sulfone groups is 1. The highest BCUT2D eigenvalue weighted by molar-refractivity contribution is 7.91. The molecule has 3 aromatic carbocycles. The molecular formula is C26H24N2O5S. The Morgan fingerprint density at radius 2 is 1.71 bits per heavy atom. The highest BCUT2D eigenvalue weighted by Crippen LogP contribution is 2.24. The topological polar surface area (TPSA) is 94.5 Å². The average Bonchev–Trinajstić information content (AvgIpc) is 2.83. The zero-order valence-corrected chi connectivity index (χ0v) is 19.6. The smallest absolute Gasteiger partial charge is 0.244 e. The second kappa shape index (κ2) is 9.52. The van der Waals surface area contributed by atoms with Crippen LogP contribution < -0.4 is 15.5 Å². The molecule has 0 aliphatic heterocycles. The molecule has 8 heteroatoms. The Morgan fingerprint density at radius 3 is 2.38 bits per heavy atom. The van der Waals surface area contributed by atoms with Crippen LogP contribution in [0, 0.1) is 6.92 Å². The minimum Gasteiger partial charge on any atom is -0.494 e. The summed E-state index contributed by atoms with van der Waals surface area (Å²) in [4.78, 5) is 25.7. The summed E-state index contributed by atoms with van der Waals surface area (Å²) in [5.74, 6) is 0.0859. The molecule has 0 spiro atoms. The number of aryl methyl sites for hydroxylation is 1. The highest BCUT2D eigenvalue weighted by atomic mass is 32.2. The van der Waals surface area contributed by atoms with Gasteiger partial charge in [-0.2, -0.15) is 0 Å². The van der Waals surface area contributed by atoms with Crippen LogP contribution in [0.3, 0.4) is 0 Å². The fourth-order valence-corrected chi connectivity index (χ4v) is 5.04. The number of hydrogen-bond acceptors (Lipinski definition) is 5. The van der Waals surface area contributed by atoms with E-state index in [1.54, 1.807) is 42.5 Å². The van der Waals surface area contributed by atoms with Crippen LogP contribution in [-0.2, 0) is 21.2 Å². The van der Waals surface area contributed by atoms with E-state index < -0.39 is 20.2 Å². The van der Waals surface area contributed by atoms with Crippen LogP contribution in [0.5, 0.6) is 5.75 Å². The number of carbonyl (C=O) groups excluding carboxylic acids is 1. The van der Waals surface area contributed by atoms with Crippen molar-refractivity contribution in [2.45, 2.75) is 30.2 Å². The van der Waals surface area contributed by atoms with Crippen molar-refractivity contribution in [3.05, 3.63) is 94.8 Å². The summed E-state index contributed by atoms with van der Waals surface area (Å²) in [6.07, 6.45) is 1.24. The van der Waals surface area contributed by atoms with Crippen LogP contribution in [0.1, 0.15) is 12.5 Å². The number of anilines is 1. The number of benzene rings is 3. The molecule has 0 radical (unpaired) electrons. The Kier molecular flexibility index (Phi) is 6.51.